The van der Waals surface area contributed by atoms with Gasteiger partial charge in [-0.2, -0.15) is 0 Å². The minimum atomic E-state index is -0.366. The Morgan fingerprint density at radius 3 is 2.38 bits per heavy atom. The van der Waals surface area contributed by atoms with Gasteiger partial charge in [-0.15, -0.1) is 0 Å². The molecule has 3 atom stereocenters. The maximum Gasteiger partial charge on any atom is 0.312 e. The van der Waals surface area contributed by atoms with Crippen LogP contribution in [0, 0.1) is 11.8 Å². The van der Waals surface area contributed by atoms with Gasteiger partial charge in [0.1, 0.15) is 0 Å². The molecule has 2 fully saturated rings. The number of likely N-dealkylation sites (tertiary alicyclic amines) is 2. The number of carbonyl (C=O) groups excluding carboxylic acids is 2. The van der Waals surface area contributed by atoms with Gasteiger partial charge in [0.15, 0.2) is 0 Å². The average molecular weight is 296 g/mol. The van der Waals surface area contributed by atoms with E-state index >= 15 is 0 Å². The van der Waals surface area contributed by atoms with Crippen LogP contribution in [0.3, 0.4) is 0 Å². The van der Waals surface area contributed by atoms with Crippen LogP contribution in [0.25, 0.3) is 0 Å². The summed E-state index contributed by atoms with van der Waals surface area (Å²) in [6.45, 7) is 6.36. The Morgan fingerprint density at radius 2 is 1.76 bits per heavy atom. The maximum absolute atomic E-state index is 12.5. The maximum atomic E-state index is 12.5. The van der Waals surface area contributed by atoms with Crippen molar-refractivity contribution in [2.75, 3.05) is 26.2 Å². The molecule has 5 heteroatoms. The van der Waals surface area contributed by atoms with Gasteiger partial charge in [-0.3, -0.25) is 9.59 Å². The summed E-state index contributed by atoms with van der Waals surface area (Å²) in [7, 11) is 0. The second-order valence-electron chi connectivity index (χ2n) is 6.82. The largest absolute Gasteiger partial charge is 0.396 e. The first-order valence-corrected chi connectivity index (χ1v) is 8.23. The molecular weight excluding hydrogens is 268 g/mol. The molecule has 21 heavy (non-hydrogen) atoms. The minimum Gasteiger partial charge on any atom is -0.396 e. The van der Waals surface area contributed by atoms with E-state index in [0.717, 1.165) is 25.7 Å². The first-order chi connectivity index (χ1) is 10.0. The third kappa shape index (κ3) is 3.96. The van der Waals surface area contributed by atoms with Crippen LogP contribution in [0.15, 0.2) is 0 Å². The summed E-state index contributed by atoms with van der Waals surface area (Å²) in [4.78, 5) is 28.5. The van der Waals surface area contributed by atoms with E-state index in [1.165, 1.54) is 0 Å². The van der Waals surface area contributed by atoms with Crippen molar-refractivity contribution >= 4 is 11.8 Å². The van der Waals surface area contributed by atoms with Gasteiger partial charge in [0.2, 0.25) is 0 Å². The van der Waals surface area contributed by atoms with E-state index < -0.39 is 0 Å². The van der Waals surface area contributed by atoms with Crippen molar-refractivity contribution in [3.05, 3.63) is 0 Å². The Hall–Kier alpha value is -1.10. The summed E-state index contributed by atoms with van der Waals surface area (Å²) in [5.41, 5.74) is 0. The molecule has 5 nitrogen and oxygen atoms in total. The molecule has 120 valence electrons. The number of amides is 2. The van der Waals surface area contributed by atoms with E-state index in [1.807, 2.05) is 0 Å². The molecule has 0 radical (unpaired) electrons. The Bertz CT molecular complexity index is 374. The lowest BCUT2D eigenvalue weighted by atomic mass is 9.91. The molecule has 0 aromatic carbocycles. The predicted molar refractivity (Wildman–Crippen MR) is 80.6 cm³/mol. The SMILES string of the molecule is CC1CC(C)CN(C(=O)C(=O)N2CCCCC2CCO)C1. The first-order valence-electron chi connectivity index (χ1n) is 8.23. The van der Waals surface area contributed by atoms with Gasteiger partial charge < -0.3 is 14.9 Å². The highest BCUT2D eigenvalue weighted by atomic mass is 16.3. The van der Waals surface area contributed by atoms with Crippen molar-refractivity contribution in [3.8, 4) is 0 Å². The average Bonchev–Trinajstić information content (AvgIpc) is 2.45. The molecule has 2 rings (SSSR count). The molecule has 0 saturated carbocycles. The third-order valence-corrected chi connectivity index (χ3v) is 4.69. The Balaban J connectivity index is 2.01. The third-order valence-electron chi connectivity index (χ3n) is 4.69. The van der Waals surface area contributed by atoms with Crippen LogP contribution in [0.5, 0.6) is 0 Å². The lowest BCUT2D eigenvalue weighted by molar-refractivity contribution is -0.155. The van der Waals surface area contributed by atoms with Crippen molar-refractivity contribution in [1.29, 1.82) is 0 Å². The fourth-order valence-corrected chi connectivity index (χ4v) is 3.80. The fourth-order valence-electron chi connectivity index (χ4n) is 3.80. The molecule has 3 unspecified atom stereocenters. The number of hydrogen-bond acceptors (Lipinski definition) is 3. The van der Waals surface area contributed by atoms with Crippen molar-refractivity contribution in [1.82, 2.24) is 9.80 Å². The summed E-state index contributed by atoms with van der Waals surface area (Å²) < 4.78 is 0. The fraction of sp³-hybridized carbons (Fsp3) is 0.875. The van der Waals surface area contributed by atoms with E-state index in [0.29, 0.717) is 37.9 Å². The normalized spacial score (nSPS) is 30.3. The van der Waals surface area contributed by atoms with Gasteiger partial charge in [-0.1, -0.05) is 13.8 Å². The molecule has 2 amide bonds. The van der Waals surface area contributed by atoms with E-state index in [4.69, 9.17) is 5.11 Å². The second-order valence-corrected chi connectivity index (χ2v) is 6.82. The number of aliphatic hydroxyl groups is 1. The quantitative estimate of drug-likeness (QED) is 0.780. The van der Waals surface area contributed by atoms with Crippen LogP contribution < -0.4 is 0 Å². The molecule has 2 aliphatic heterocycles. The van der Waals surface area contributed by atoms with Gasteiger partial charge in [0.25, 0.3) is 0 Å². The summed E-state index contributed by atoms with van der Waals surface area (Å²) >= 11 is 0. The monoisotopic (exact) mass is 296 g/mol. The van der Waals surface area contributed by atoms with Crippen LogP contribution in [0.1, 0.15) is 46.0 Å². The number of piperidine rings is 2. The highest BCUT2D eigenvalue weighted by molar-refractivity contribution is 6.35. The molecule has 0 aliphatic carbocycles. The number of aliphatic hydroxyl groups excluding tert-OH is 1. The molecule has 2 saturated heterocycles. The molecule has 2 aliphatic rings. The van der Waals surface area contributed by atoms with Crippen molar-refractivity contribution in [2.24, 2.45) is 11.8 Å². The summed E-state index contributed by atoms with van der Waals surface area (Å²) in [6, 6.07) is 0.0276. The highest BCUT2D eigenvalue weighted by Gasteiger charge is 2.35. The lowest BCUT2D eigenvalue weighted by Gasteiger charge is -2.39. The molecule has 1 N–H and O–H groups in total. The molecular formula is C16H28N2O3. The number of hydrogen-bond donors (Lipinski definition) is 1. The molecule has 0 bridgehead atoms. The zero-order valence-corrected chi connectivity index (χ0v) is 13.3. The predicted octanol–water partition coefficient (Wildman–Crippen LogP) is 1.25. The Morgan fingerprint density at radius 1 is 1.10 bits per heavy atom. The lowest BCUT2D eigenvalue weighted by Crippen LogP contribution is -2.53. The van der Waals surface area contributed by atoms with E-state index in [2.05, 4.69) is 13.8 Å². The number of carbonyl (C=O) groups is 2. The summed E-state index contributed by atoms with van der Waals surface area (Å²) in [5, 5.41) is 9.14. The van der Waals surface area contributed by atoms with Gasteiger partial charge in [0.05, 0.1) is 0 Å². The van der Waals surface area contributed by atoms with Crippen LogP contribution >= 0.6 is 0 Å². The van der Waals surface area contributed by atoms with Crippen molar-refractivity contribution < 1.29 is 14.7 Å². The molecule has 0 spiro atoms. The van der Waals surface area contributed by atoms with Crippen molar-refractivity contribution in [2.45, 2.75) is 52.0 Å². The van der Waals surface area contributed by atoms with Crippen LogP contribution in [-0.4, -0.2) is 59.0 Å². The van der Waals surface area contributed by atoms with E-state index in [9.17, 15) is 9.59 Å². The van der Waals surface area contributed by atoms with E-state index in [-0.39, 0.29) is 24.5 Å². The van der Waals surface area contributed by atoms with Gasteiger partial charge in [-0.05, 0) is 43.9 Å². The number of rotatable bonds is 2. The van der Waals surface area contributed by atoms with Gasteiger partial charge in [-0.25, -0.2) is 0 Å². The molecule has 0 aromatic heterocycles. The van der Waals surface area contributed by atoms with Gasteiger partial charge >= 0.3 is 11.8 Å². The first kappa shape index (κ1) is 16.3. The summed E-state index contributed by atoms with van der Waals surface area (Å²) in [6.07, 6.45) is 4.61. The standard InChI is InChI=1S/C16H28N2O3/c1-12-9-13(2)11-17(10-12)15(20)16(21)18-7-4-3-5-14(18)6-8-19/h12-14,19H,3-11H2,1-2H3. The van der Waals surface area contributed by atoms with E-state index in [1.54, 1.807) is 9.80 Å². The topological polar surface area (TPSA) is 60.9 Å². The Kier molecular flexibility index (Phi) is 5.62. The zero-order valence-electron chi connectivity index (χ0n) is 13.3. The molecule has 2 heterocycles. The van der Waals surface area contributed by atoms with Crippen LogP contribution in [0.2, 0.25) is 0 Å². The van der Waals surface area contributed by atoms with Crippen molar-refractivity contribution in [3.63, 3.8) is 0 Å². The zero-order chi connectivity index (χ0) is 15.4. The number of nitrogens with zero attached hydrogens (tertiary/aromatic N) is 2. The summed E-state index contributed by atoms with van der Waals surface area (Å²) in [5.74, 6) is 0.202. The second kappa shape index (κ2) is 7.25. The van der Waals surface area contributed by atoms with Crippen LogP contribution in [0.4, 0.5) is 0 Å². The van der Waals surface area contributed by atoms with Crippen LogP contribution in [-0.2, 0) is 9.59 Å². The Labute approximate surface area is 127 Å². The molecule has 0 aromatic rings. The minimum absolute atomic E-state index is 0.0276. The highest BCUT2D eigenvalue weighted by Crippen LogP contribution is 2.23. The van der Waals surface area contributed by atoms with Gasteiger partial charge in [0, 0.05) is 32.3 Å². The smallest absolute Gasteiger partial charge is 0.312 e.